The third kappa shape index (κ3) is 12.5. The number of carbonyl (C=O) groups is 5. The van der Waals surface area contributed by atoms with Gasteiger partial charge in [0.1, 0.15) is 18.1 Å². The Morgan fingerprint density at radius 2 is 1.35 bits per heavy atom. The lowest BCUT2D eigenvalue weighted by Gasteiger charge is -2.27. The minimum absolute atomic E-state index is 0.00750. The van der Waals surface area contributed by atoms with Gasteiger partial charge in [-0.2, -0.15) is 0 Å². The summed E-state index contributed by atoms with van der Waals surface area (Å²) in [5, 5.41) is 25.8. The number of rotatable bonds is 17. The summed E-state index contributed by atoms with van der Waals surface area (Å²) in [5.74, 6) is -4.56. The lowest BCUT2D eigenvalue weighted by molar-refractivity contribution is -0.143. The van der Waals surface area contributed by atoms with Crippen molar-refractivity contribution in [2.45, 2.75) is 90.4 Å². The molecule has 3 amide bonds. The molecule has 0 saturated carbocycles. The normalized spacial score (nSPS) is 14.7. The molecule has 0 aromatic rings. The van der Waals surface area contributed by atoms with Crippen LogP contribution in [0, 0.1) is 11.8 Å². The van der Waals surface area contributed by atoms with Gasteiger partial charge < -0.3 is 37.6 Å². The average Bonchev–Trinajstić information content (AvgIpc) is 2.73. The summed E-state index contributed by atoms with van der Waals surface area (Å²) < 4.78 is 0. The lowest BCUT2D eigenvalue weighted by atomic mass is 9.99. The van der Waals surface area contributed by atoms with Gasteiger partial charge in [-0.3, -0.25) is 19.2 Å². The smallest absolute Gasteiger partial charge is 0.326 e. The van der Waals surface area contributed by atoms with E-state index in [1.807, 2.05) is 13.8 Å². The van der Waals surface area contributed by atoms with E-state index >= 15 is 0 Å². The van der Waals surface area contributed by atoms with Crippen molar-refractivity contribution in [3.05, 3.63) is 0 Å². The summed E-state index contributed by atoms with van der Waals surface area (Å²) in [4.78, 5) is 60.5. The van der Waals surface area contributed by atoms with E-state index in [-0.39, 0.29) is 37.5 Å². The fraction of sp³-hybridized carbons (Fsp3) is 0.773. The molecule has 0 aromatic carbocycles. The number of aliphatic carboxylic acids is 2. The van der Waals surface area contributed by atoms with Crippen LogP contribution in [0.15, 0.2) is 0 Å². The van der Waals surface area contributed by atoms with Gasteiger partial charge in [0.25, 0.3) is 0 Å². The zero-order valence-electron chi connectivity index (χ0n) is 20.5. The molecule has 12 heteroatoms. The number of unbranched alkanes of at least 4 members (excludes halogenated alkanes) is 1. The van der Waals surface area contributed by atoms with Gasteiger partial charge >= 0.3 is 11.9 Å². The molecule has 0 aliphatic rings. The van der Waals surface area contributed by atoms with Gasteiger partial charge in [0.2, 0.25) is 17.7 Å². The predicted octanol–water partition coefficient (Wildman–Crippen LogP) is -0.451. The molecule has 0 heterocycles. The van der Waals surface area contributed by atoms with Crippen molar-refractivity contribution >= 4 is 29.7 Å². The van der Waals surface area contributed by atoms with Crippen molar-refractivity contribution < 1.29 is 34.2 Å². The van der Waals surface area contributed by atoms with Crippen LogP contribution in [0.3, 0.4) is 0 Å². The molecule has 0 aromatic heterocycles. The number of hydrogen-bond acceptors (Lipinski definition) is 7. The molecule has 0 rings (SSSR count). The first kappa shape index (κ1) is 31.3. The number of nitrogens with one attached hydrogen (secondary N) is 3. The molecule has 0 fully saturated rings. The molecule has 196 valence electrons. The molecule has 0 spiro atoms. The number of carboxylic acid groups (broad SMARTS) is 2. The molecular weight excluding hydrogens is 446 g/mol. The second kappa shape index (κ2) is 16.0. The maximum atomic E-state index is 13.0. The van der Waals surface area contributed by atoms with E-state index in [0.29, 0.717) is 19.4 Å². The molecule has 4 atom stereocenters. The Kier molecular flexibility index (Phi) is 14.7. The van der Waals surface area contributed by atoms with Crippen LogP contribution in [0.4, 0.5) is 0 Å². The molecule has 4 unspecified atom stereocenters. The highest BCUT2D eigenvalue weighted by atomic mass is 16.4. The lowest BCUT2D eigenvalue weighted by Crippen LogP contribution is -2.57. The Morgan fingerprint density at radius 3 is 1.82 bits per heavy atom. The first-order valence-electron chi connectivity index (χ1n) is 11.6. The van der Waals surface area contributed by atoms with Crippen LogP contribution in [-0.2, 0) is 24.0 Å². The van der Waals surface area contributed by atoms with Gasteiger partial charge in [-0.15, -0.1) is 0 Å². The van der Waals surface area contributed by atoms with Crippen LogP contribution in [0.5, 0.6) is 0 Å². The van der Waals surface area contributed by atoms with E-state index in [0.717, 1.165) is 0 Å². The number of amides is 3. The fourth-order valence-corrected chi connectivity index (χ4v) is 3.19. The molecule has 0 bridgehead atoms. The zero-order valence-corrected chi connectivity index (χ0v) is 20.5. The van der Waals surface area contributed by atoms with Gasteiger partial charge in [0, 0.05) is 6.42 Å². The van der Waals surface area contributed by atoms with Crippen LogP contribution >= 0.6 is 0 Å². The molecule has 12 nitrogen and oxygen atoms in total. The topological polar surface area (TPSA) is 214 Å². The van der Waals surface area contributed by atoms with Crippen molar-refractivity contribution in [1.82, 2.24) is 16.0 Å². The second-order valence-corrected chi connectivity index (χ2v) is 9.14. The average molecular weight is 488 g/mol. The minimum Gasteiger partial charge on any atom is -0.481 e. The highest BCUT2D eigenvalue weighted by Crippen LogP contribution is 2.10. The van der Waals surface area contributed by atoms with Crippen molar-refractivity contribution in [1.29, 1.82) is 0 Å². The standard InChI is InChI=1S/C22H41N5O7/c1-12(2)11-16(21(32)27-18(13(3)4)22(33)34)26-20(31)15(7-5-6-10-23)25-19(30)14(24)8-9-17(28)29/h12-16,18H,5-11,23-24H2,1-4H3,(H,25,30)(H,26,31)(H,27,32)(H,28,29)(H,33,34). The third-order valence-corrected chi connectivity index (χ3v) is 5.16. The summed E-state index contributed by atoms with van der Waals surface area (Å²) in [5.41, 5.74) is 11.3. The van der Waals surface area contributed by atoms with E-state index in [4.69, 9.17) is 16.6 Å². The van der Waals surface area contributed by atoms with Crippen molar-refractivity contribution in [2.24, 2.45) is 23.3 Å². The van der Waals surface area contributed by atoms with E-state index in [2.05, 4.69) is 16.0 Å². The molecule has 0 radical (unpaired) electrons. The maximum absolute atomic E-state index is 13.0. The Morgan fingerprint density at radius 1 is 0.794 bits per heavy atom. The quantitative estimate of drug-likeness (QED) is 0.132. The van der Waals surface area contributed by atoms with Crippen LogP contribution in [0.25, 0.3) is 0 Å². The van der Waals surface area contributed by atoms with Crippen molar-refractivity contribution in [2.75, 3.05) is 6.54 Å². The molecule has 0 aliphatic heterocycles. The van der Waals surface area contributed by atoms with Crippen LogP contribution < -0.4 is 27.4 Å². The summed E-state index contributed by atoms with van der Waals surface area (Å²) in [7, 11) is 0. The Hall–Kier alpha value is -2.73. The Balaban J connectivity index is 5.48. The zero-order chi connectivity index (χ0) is 26.4. The predicted molar refractivity (Wildman–Crippen MR) is 125 cm³/mol. The fourth-order valence-electron chi connectivity index (χ4n) is 3.19. The monoisotopic (exact) mass is 487 g/mol. The summed E-state index contributed by atoms with van der Waals surface area (Å²) in [6.07, 6.45) is 1.23. The summed E-state index contributed by atoms with van der Waals surface area (Å²) in [6.45, 7) is 7.42. The number of carboxylic acids is 2. The van der Waals surface area contributed by atoms with Crippen LogP contribution in [0.2, 0.25) is 0 Å². The van der Waals surface area contributed by atoms with Gasteiger partial charge in [0.05, 0.1) is 6.04 Å². The van der Waals surface area contributed by atoms with Gasteiger partial charge in [-0.05, 0) is 50.5 Å². The van der Waals surface area contributed by atoms with Crippen molar-refractivity contribution in [3.8, 4) is 0 Å². The SMILES string of the molecule is CC(C)CC(NC(=O)C(CCCCN)NC(=O)C(N)CCC(=O)O)C(=O)NC(C(=O)O)C(C)C. The number of carbonyl (C=O) groups excluding carboxylic acids is 3. The Bertz CT molecular complexity index is 699. The van der Waals surface area contributed by atoms with Gasteiger partial charge in [-0.1, -0.05) is 27.7 Å². The van der Waals surface area contributed by atoms with Crippen LogP contribution in [-0.4, -0.2) is 70.6 Å². The van der Waals surface area contributed by atoms with E-state index in [1.54, 1.807) is 13.8 Å². The van der Waals surface area contributed by atoms with Crippen LogP contribution in [0.1, 0.15) is 66.2 Å². The summed E-state index contributed by atoms with van der Waals surface area (Å²) >= 11 is 0. The maximum Gasteiger partial charge on any atom is 0.326 e. The number of nitrogens with two attached hydrogens (primary N) is 2. The molecular formula is C22H41N5O7. The Labute approximate surface area is 200 Å². The first-order valence-corrected chi connectivity index (χ1v) is 11.6. The highest BCUT2D eigenvalue weighted by Gasteiger charge is 2.31. The highest BCUT2D eigenvalue weighted by molar-refractivity contribution is 5.94. The van der Waals surface area contributed by atoms with E-state index < -0.39 is 53.8 Å². The molecule has 0 aliphatic carbocycles. The minimum atomic E-state index is -1.18. The van der Waals surface area contributed by atoms with Gasteiger partial charge in [-0.25, -0.2) is 4.79 Å². The van der Waals surface area contributed by atoms with E-state index in [1.165, 1.54) is 0 Å². The number of hydrogen-bond donors (Lipinski definition) is 7. The van der Waals surface area contributed by atoms with E-state index in [9.17, 15) is 29.1 Å². The second-order valence-electron chi connectivity index (χ2n) is 9.14. The van der Waals surface area contributed by atoms with Gasteiger partial charge in [0.15, 0.2) is 0 Å². The molecule has 9 N–H and O–H groups in total. The first-order chi connectivity index (χ1) is 15.8. The summed E-state index contributed by atoms with van der Waals surface area (Å²) in [6, 6.07) is -4.26. The van der Waals surface area contributed by atoms with Crippen molar-refractivity contribution in [3.63, 3.8) is 0 Å². The molecule has 0 saturated heterocycles. The molecule has 34 heavy (non-hydrogen) atoms. The third-order valence-electron chi connectivity index (χ3n) is 5.16. The largest absolute Gasteiger partial charge is 0.481 e.